The molecule has 1 aromatic carbocycles. The molecule has 1 unspecified atom stereocenters. The van der Waals surface area contributed by atoms with Crippen LogP contribution in [0.5, 0.6) is 0 Å². The Kier molecular flexibility index (Phi) is 3.60. The fourth-order valence-corrected chi connectivity index (χ4v) is 2.57. The van der Waals surface area contributed by atoms with Crippen molar-refractivity contribution >= 4 is 6.29 Å². The first-order valence-electron chi connectivity index (χ1n) is 6.71. The summed E-state index contributed by atoms with van der Waals surface area (Å²) in [5.74, 6) is -0.711. The van der Waals surface area contributed by atoms with Gasteiger partial charge in [-0.2, -0.15) is 0 Å². The lowest BCUT2D eigenvalue weighted by atomic mass is 10.1. The number of hydrogen-bond donors (Lipinski definition) is 0. The van der Waals surface area contributed by atoms with Gasteiger partial charge in [-0.25, -0.2) is 0 Å². The lowest BCUT2D eigenvalue weighted by Gasteiger charge is -2.23. The van der Waals surface area contributed by atoms with E-state index in [0.29, 0.717) is 6.61 Å². The van der Waals surface area contributed by atoms with E-state index in [9.17, 15) is 4.79 Å². The van der Waals surface area contributed by atoms with Crippen molar-refractivity contribution in [3.8, 4) is 0 Å². The first kappa shape index (κ1) is 13.7. The van der Waals surface area contributed by atoms with Gasteiger partial charge in [-0.05, 0) is 19.4 Å². The minimum Gasteiger partial charge on any atom is -0.367 e. The number of fused-ring (bicyclic) bond motifs is 1. The molecule has 0 aliphatic carbocycles. The maximum atomic E-state index is 11.1. The van der Waals surface area contributed by atoms with Gasteiger partial charge in [0.05, 0.1) is 6.61 Å². The average molecular weight is 278 g/mol. The molecular weight excluding hydrogens is 260 g/mol. The Hall–Kier alpha value is -1.27. The molecule has 0 radical (unpaired) electrons. The third kappa shape index (κ3) is 2.62. The van der Waals surface area contributed by atoms with Crippen LogP contribution in [0.15, 0.2) is 30.3 Å². The largest absolute Gasteiger partial charge is 0.367 e. The smallest absolute Gasteiger partial charge is 0.190 e. The summed E-state index contributed by atoms with van der Waals surface area (Å²) in [4.78, 5) is 11.1. The second-order valence-electron chi connectivity index (χ2n) is 5.47. The number of aldehydes is 1. The van der Waals surface area contributed by atoms with Crippen molar-refractivity contribution in [3.05, 3.63) is 35.9 Å². The topological polar surface area (TPSA) is 54.0 Å². The van der Waals surface area contributed by atoms with Crippen LogP contribution >= 0.6 is 0 Å². The molecule has 2 aliphatic heterocycles. The third-order valence-corrected chi connectivity index (χ3v) is 3.45. The van der Waals surface area contributed by atoms with Gasteiger partial charge in [0, 0.05) is 0 Å². The Morgan fingerprint density at radius 1 is 1.25 bits per heavy atom. The molecule has 1 aromatic rings. The zero-order valence-corrected chi connectivity index (χ0v) is 11.5. The summed E-state index contributed by atoms with van der Waals surface area (Å²) in [6.45, 7) is 4.05. The summed E-state index contributed by atoms with van der Waals surface area (Å²) >= 11 is 0. The molecule has 0 amide bonds. The van der Waals surface area contributed by atoms with Gasteiger partial charge in [-0.3, -0.25) is 0 Å². The summed E-state index contributed by atoms with van der Waals surface area (Å²) < 4.78 is 22.7. The number of carbonyl (C=O) groups is 1. The molecule has 3 rings (SSSR count). The highest BCUT2D eigenvalue weighted by atomic mass is 16.8. The minimum atomic E-state index is -0.711. The van der Waals surface area contributed by atoms with E-state index in [0.717, 1.165) is 11.8 Å². The predicted molar refractivity (Wildman–Crippen MR) is 69.8 cm³/mol. The van der Waals surface area contributed by atoms with Gasteiger partial charge in [0.2, 0.25) is 0 Å². The SMILES string of the molecule is CC1(C)O[C@H]2OC(C=O)[C@H](OCc3ccccc3)[C@H]2O1. The summed E-state index contributed by atoms with van der Waals surface area (Å²) in [6, 6.07) is 9.78. The fourth-order valence-electron chi connectivity index (χ4n) is 2.57. The quantitative estimate of drug-likeness (QED) is 0.784. The lowest BCUT2D eigenvalue weighted by molar-refractivity contribution is -0.216. The van der Waals surface area contributed by atoms with E-state index in [1.807, 2.05) is 44.2 Å². The number of ether oxygens (including phenoxy) is 4. The molecule has 5 heteroatoms. The number of carbonyl (C=O) groups excluding carboxylic acids is 1. The molecule has 0 spiro atoms. The monoisotopic (exact) mass is 278 g/mol. The molecule has 2 fully saturated rings. The highest BCUT2D eigenvalue weighted by Gasteiger charge is 2.55. The second-order valence-corrected chi connectivity index (χ2v) is 5.47. The van der Waals surface area contributed by atoms with Gasteiger partial charge in [0.25, 0.3) is 0 Å². The first-order valence-corrected chi connectivity index (χ1v) is 6.71. The van der Waals surface area contributed by atoms with E-state index >= 15 is 0 Å². The Morgan fingerprint density at radius 3 is 2.70 bits per heavy atom. The molecule has 2 aliphatic rings. The summed E-state index contributed by atoms with van der Waals surface area (Å²) in [5, 5.41) is 0. The van der Waals surface area contributed by atoms with Gasteiger partial charge in [0.1, 0.15) is 18.3 Å². The van der Waals surface area contributed by atoms with E-state index in [1.54, 1.807) is 0 Å². The van der Waals surface area contributed by atoms with Crippen LogP contribution in [-0.2, 0) is 30.3 Å². The summed E-state index contributed by atoms with van der Waals surface area (Å²) in [7, 11) is 0. The molecule has 4 atom stereocenters. The normalized spacial score (nSPS) is 34.9. The maximum absolute atomic E-state index is 11.1. The summed E-state index contributed by atoms with van der Waals surface area (Å²) in [6.07, 6.45) is -1.26. The minimum absolute atomic E-state index is 0.371. The van der Waals surface area contributed by atoms with E-state index in [2.05, 4.69) is 0 Å². The molecule has 20 heavy (non-hydrogen) atoms. The van der Waals surface area contributed by atoms with Crippen molar-refractivity contribution in [3.63, 3.8) is 0 Å². The molecule has 108 valence electrons. The first-order chi connectivity index (χ1) is 9.59. The van der Waals surface area contributed by atoms with Crippen LogP contribution < -0.4 is 0 Å². The van der Waals surface area contributed by atoms with Gasteiger partial charge < -0.3 is 23.7 Å². The molecule has 2 heterocycles. The highest BCUT2D eigenvalue weighted by Crippen LogP contribution is 2.38. The average Bonchev–Trinajstić information content (AvgIpc) is 2.89. The van der Waals surface area contributed by atoms with Crippen LogP contribution in [0, 0.1) is 0 Å². The zero-order chi connectivity index (χ0) is 14.2. The lowest BCUT2D eigenvalue weighted by Crippen LogP contribution is -2.37. The van der Waals surface area contributed by atoms with Crippen molar-refractivity contribution < 1.29 is 23.7 Å². The third-order valence-electron chi connectivity index (χ3n) is 3.45. The fraction of sp³-hybridized carbons (Fsp3) is 0.533. The molecule has 0 saturated carbocycles. The van der Waals surface area contributed by atoms with E-state index in [1.165, 1.54) is 0 Å². The van der Waals surface area contributed by atoms with E-state index in [-0.39, 0.29) is 6.10 Å². The van der Waals surface area contributed by atoms with Crippen LogP contribution in [0.3, 0.4) is 0 Å². The van der Waals surface area contributed by atoms with Gasteiger partial charge in [-0.15, -0.1) is 0 Å². The standard InChI is InChI=1S/C15H18O5/c1-15(2)19-13-12(11(8-16)18-14(13)20-15)17-9-10-6-4-3-5-7-10/h3-8,11-14H,9H2,1-2H3/t11?,12-,13+,14+/m0/s1. The molecule has 0 N–H and O–H groups in total. The molecule has 0 aromatic heterocycles. The van der Waals surface area contributed by atoms with Crippen LogP contribution in [0.2, 0.25) is 0 Å². The number of hydrogen-bond acceptors (Lipinski definition) is 5. The van der Waals surface area contributed by atoms with Crippen molar-refractivity contribution in [1.29, 1.82) is 0 Å². The van der Waals surface area contributed by atoms with Gasteiger partial charge >= 0.3 is 0 Å². The maximum Gasteiger partial charge on any atom is 0.190 e. The van der Waals surface area contributed by atoms with Crippen molar-refractivity contribution in [2.24, 2.45) is 0 Å². The van der Waals surface area contributed by atoms with E-state index in [4.69, 9.17) is 18.9 Å². The summed E-state index contributed by atoms with van der Waals surface area (Å²) in [5.41, 5.74) is 1.04. The second kappa shape index (κ2) is 5.26. The molecule has 0 bridgehead atoms. The molecule has 5 nitrogen and oxygen atoms in total. The van der Waals surface area contributed by atoms with Crippen LogP contribution in [0.25, 0.3) is 0 Å². The Morgan fingerprint density at radius 2 is 2.00 bits per heavy atom. The van der Waals surface area contributed by atoms with Crippen LogP contribution in [-0.4, -0.2) is 36.7 Å². The van der Waals surface area contributed by atoms with Crippen LogP contribution in [0.1, 0.15) is 19.4 Å². The highest BCUT2D eigenvalue weighted by molar-refractivity contribution is 5.58. The van der Waals surface area contributed by atoms with Gasteiger partial charge in [-0.1, -0.05) is 30.3 Å². The van der Waals surface area contributed by atoms with Crippen molar-refractivity contribution in [2.45, 2.75) is 50.8 Å². The number of rotatable bonds is 4. The van der Waals surface area contributed by atoms with Gasteiger partial charge in [0.15, 0.2) is 18.4 Å². The number of benzene rings is 1. The zero-order valence-electron chi connectivity index (χ0n) is 11.5. The van der Waals surface area contributed by atoms with Crippen molar-refractivity contribution in [1.82, 2.24) is 0 Å². The van der Waals surface area contributed by atoms with E-state index < -0.39 is 24.3 Å². The Labute approximate surface area is 117 Å². The molecular formula is C15H18O5. The Balaban J connectivity index is 1.68. The van der Waals surface area contributed by atoms with Crippen LogP contribution in [0.4, 0.5) is 0 Å². The molecule has 2 saturated heterocycles. The van der Waals surface area contributed by atoms with Crippen molar-refractivity contribution in [2.75, 3.05) is 0 Å². The Bertz CT molecular complexity index is 472. The predicted octanol–water partition coefficient (Wildman–Crippen LogP) is 1.65.